The number of rotatable bonds is 8. The standard InChI is InChI=1S/C35H46N4O7S/c1-25-22-39(26(2)24-40)34(41)31-21-29(37-47(43,44)30-16-9-6-10-17-30)18-19-32(31)46-27(3)13-11-12-20-45-33(25)23-38(4)35(42)36-28-14-7-5-8-15-28/h5-10,14-19,21,25-27,33,37,40H,11-13,20,22-24H2,1-4H3,(H,36,42)/t25-,26-,27+,33+/m0/s1. The molecular weight excluding hydrogens is 620 g/mol. The van der Waals surface area contributed by atoms with E-state index >= 15 is 0 Å². The van der Waals surface area contributed by atoms with Gasteiger partial charge in [-0.2, -0.15) is 0 Å². The number of hydrogen-bond acceptors (Lipinski definition) is 7. The number of sulfonamides is 1. The largest absolute Gasteiger partial charge is 0.490 e. The molecule has 0 saturated carbocycles. The summed E-state index contributed by atoms with van der Waals surface area (Å²) < 4.78 is 41.4. The Morgan fingerprint density at radius 3 is 2.38 bits per heavy atom. The quantitative estimate of drug-likeness (QED) is 0.291. The molecule has 4 atom stereocenters. The van der Waals surface area contributed by atoms with Crippen molar-refractivity contribution in [1.82, 2.24) is 9.80 Å². The minimum Gasteiger partial charge on any atom is -0.490 e. The molecule has 1 aliphatic heterocycles. The van der Waals surface area contributed by atoms with Gasteiger partial charge in [0, 0.05) is 44.0 Å². The summed E-state index contributed by atoms with van der Waals surface area (Å²) in [6.07, 6.45) is 1.65. The van der Waals surface area contributed by atoms with Gasteiger partial charge in [-0.15, -0.1) is 0 Å². The minimum absolute atomic E-state index is 0.0918. The fraction of sp³-hybridized carbons (Fsp3) is 0.429. The molecule has 254 valence electrons. The van der Waals surface area contributed by atoms with Crippen molar-refractivity contribution >= 4 is 33.3 Å². The van der Waals surface area contributed by atoms with Gasteiger partial charge in [-0.25, -0.2) is 13.2 Å². The summed E-state index contributed by atoms with van der Waals surface area (Å²) in [5.41, 5.74) is 1.06. The number of aliphatic hydroxyl groups excluding tert-OH is 1. The fourth-order valence-electron chi connectivity index (χ4n) is 5.36. The van der Waals surface area contributed by atoms with Crippen LogP contribution in [0.15, 0.2) is 83.8 Å². The molecule has 0 radical (unpaired) electrons. The van der Waals surface area contributed by atoms with Gasteiger partial charge < -0.3 is 29.7 Å². The topological polar surface area (TPSA) is 138 Å². The van der Waals surface area contributed by atoms with E-state index in [1.54, 1.807) is 54.1 Å². The van der Waals surface area contributed by atoms with Crippen molar-refractivity contribution in [2.45, 2.75) is 63.2 Å². The number of para-hydroxylation sites is 1. The normalized spacial score (nSPS) is 20.2. The van der Waals surface area contributed by atoms with Crippen molar-refractivity contribution in [3.05, 3.63) is 84.4 Å². The van der Waals surface area contributed by atoms with Crippen molar-refractivity contribution < 1.29 is 32.6 Å². The molecule has 12 heteroatoms. The first-order valence-corrected chi connectivity index (χ1v) is 17.5. The molecule has 3 aromatic carbocycles. The number of fused-ring (bicyclic) bond motifs is 1. The van der Waals surface area contributed by atoms with Gasteiger partial charge in [0.1, 0.15) is 5.75 Å². The molecule has 0 fully saturated rings. The van der Waals surface area contributed by atoms with Crippen molar-refractivity contribution in [1.29, 1.82) is 0 Å². The van der Waals surface area contributed by atoms with Gasteiger partial charge in [-0.1, -0.05) is 43.3 Å². The number of carbonyl (C=O) groups is 2. The molecule has 1 aliphatic rings. The van der Waals surface area contributed by atoms with Crippen molar-refractivity contribution in [3.63, 3.8) is 0 Å². The maximum atomic E-state index is 14.3. The van der Waals surface area contributed by atoms with Crippen LogP contribution in [0.3, 0.4) is 0 Å². The fourth-order valence-corrected chi connectivity index (χ4v) is 6.43. The lowest BCUT2D eigenvalue weighted by Crippen LogP contribution is -2.48. The molecule has 0 bridgehead atoms. The van der Waals surface area contributed by atoms with E-state index in [2.05, 4.69) is 10.0 Å². The van der Waals surface area contributed by atoms with Crippen LogP contribution in [0.5, 0.6) is 5.75 Å². The number of ether oxygens (including phenoxy) is 2. The number of amides is 3. The lowest BCUT2D eigenvalue weighted by Gasteiger charge is -2.35. The average Bonchev–Trinajstić information content (AvgIpc) is 3.06. The highest BCUT2D eigenvalue weighted by Crippen LogP contribution is 2.29. The summed E-state index contributed by atoms with van der Waals surface area (Å²) >= 11 is 0. The number of urea groups is 1. The van der Waals surface area contributed by atoms with E-state index in [0.717, 1.165) is 12.8 Å². The number of nitrogens with one attached hydrogen (secondary N) is 2. The molecule has 0 unspecified atom stereocenters. The zero-order valence-corrected chi connectivity index (χ0v) is 28.3. The average molecular weight is 667 g/mol. The third-order valence-electron chi connectivity index (χ3n) is 8.18. The highest BCUT2D eigenvalue weighted by Gasteiger charge is 2.31. The monoisotopic (exact) mass is 666 g/mol. The van der Waals surface area contributed by atoms with E-state index in [0.29, 0.717) is 24.5 Å². The highest BCUT2D eigenvalue weighted by atomic mass is 32.2. The second-order valence-electron chi connectivity index (χ2n) is 12.1. The van der Waals surface area contributed by atoms with Crippen LogP contribution in [-0.2, 0) is 14.8 Å². The number of benzene rings is 3. The van der Waals surface area contributed by atoms with Gasteiger partial charge in [0.25, 0.3) is 15.9 Å². The Bertz CT molecular complexity index is 1570. The second kappa shape index (κ2) is 16.6. The molecule has 0 spiro atoms. The Morgan fingerprint density at radius 2 is 1.70 bits per heavy atom. The maximum Gasteiger partial charge on any atom is 0.321 e. The van der Waals surface area contributed by atoms with Gasteiger partial charge in [-0.3, -0.25) is 9.52 Å². The lowest BCUT2D eigenvalue weighted by atomic mass is 10.0. The van der Waals surface area contributed by atoms with E-state index in [1.807, 2.05) is 44.2 Å². The van der Waals surface area contributed by atoms with E-state index in [9.17, 15) is 23.1 Å². The number of hydrogen-bond donors (Lipinski definition) is 3. The Kier molecular flexibility index (Phi) is 12.6. The summed E-state index contributed by atoms with van der Waals surface area (Å²) in [5.74, 6) is -0.339. The molecule has 0 saturated heterocycles. The lowest BCUT2D eigenvalue weighted by molar-refractivity contribution is -0.0115. The molecule has 47 heavy (non-hydrogen) atoms. The number of aliphatic hydroxyl groups is 1. The third kappa shape index (κ3) is 9.93. The summed E-state index contributed by atoms with van der Waals surface area (Å²) in [6.45, 7) is 6.27. The Morgan fingerprint density at radius 1 is 1.02 bits per heavy atom. The summed E-state index contributed by atoms with van der Waals surface area (Å²) in [6, 6.07) is 21.0. The first-order valence-electron chi connectivity index (χ1n) is 16.0. The van der Waals surface area contributed by atoms with Gasteiger partial charge >= 0.3 is 6.03 Å². The van der Waals surface area contributed by atoms with Gasteiger partial charge in [0.15, 0.2) is 0 Å². The maximum absolute atomic E-state index is 14.3. The zero-order valence-electron chi connectivity index (χ0n) is 27.5. The van der Waals surface area contributed by atoms with Crippen LogP contribution in [0.4, 0.5) is 16.2 Å². The van der Waals surface area contributed by atoms with Crippen LogP contribution in [0.2, 0.25) is 0 Å². The van der Waals surface area contributed by atoms with Crippen LogP contribution in [0.25, 0.3) is 0 Å². The van der Waals surface area contributed by atoms with E-state index in [-0.39, 0.29) is 53.9 Å². The van der Waals surface area contributed by atoms with Crippen LogP contribution >= 0.6 is 0 Å². The van der Waals surface area contributed by atoms with Gasteiger partial charge in [-0.05, 0) is 75.6 Å². The van der Waals surface area contributed by atoms with Crippen LogP contribution in [0, 0.1) is 5.92 Å². The van der Waals surface area contributed by atoms with Crippen LogP contribution in [0.1, 0.15) is 50.4 Å². The van der Waals surface area contributed by atoms with Crippen molar-refractivity contribution in [3.8, 4) is 5.75 Å². The number of carbonyl (C=O) groups excluding carboxylic acids is 2. The van der Waals surface area contributed by atoms with Crippen LogP contribution in [-0.4, -0.2) is 86.9 Å². The molecule has 3 aromatic rings. The molecule has 4 rings (SSSR count). The molecular formula is C35H46N4O7S. The highest BCUT2D eigenvalue weighted by molar-refractivity contribution is 7.92. The molecule has 3 N–H and O–H groups in total. The van der Waals surface area contributed by atoms with Crippen LogP contribution < -0.4 is 14.8 Å². The number of likely N-dealkylation sites (N-methyl/N-ethyl adjacent to an activating group) is 1. The number of anilines is 2. The van der Waals surface area contributed by atoms with E-state index in [4.69, 9.17) is 9.47 Å². The molecule has 1 heterocycles. The SMILES string of the molecule is C[C@@H]1CCCCO[C@H](CN(C)C(=O)Nc2ccccc2)[C@@H](C)CN([C@@H](C)CO)C(=O)c2cc(NS(=O)(=O)c3ccccc3)ccc2O1. The smallest absolute Gasteiger partial charge is 0.321 e. The van der Waals surface area contributed by atoms with Gasteiger partial charge in [0.2, 0.25) is 0 Å². The molecule has 3 amide bonds. The Hall–Kier alpha value is -4.13. The first kappa shape index (κ1) is 35.7. The molecule has 11 nitrogen and oxygen atoms in total. The van der Waals surface area contributed by atoms with Crippen molar-refractivity contribution in [2.24, 2.45) is 5.92 Å². The third-order valence-corrected chi connectivity index (χ3v) is 9.58. The predicted octanol–water partition coefficient (Wildman–Crippen LogP) is 5.45. The summed E-state index contributed by atoms with van der Waals surface area (Å²) in [4.78, 5) is 30.6. The van der Waals surface area contributed by atoms with E-state index in [1.165, 1.54) is 18.2 Å². The minimum atomic E-state index is -3.92. The Labute approximate surface area is 277 Å². The zero-order chi connectivity index (χ0) is 34.0. The molecule has 0 aliphatic carbocycles. The Balaban J connectivity index is 1.63. The summed E-state index contributed by atoms with van der Waals surface area (Å²) in [7, 11) is -2.22. The summed E-state index contributed by atoms with van der Waals surface area (Å²) in [5, 5.41) is 13.1. The second-order valence-corrected chi connectivity index (χ2v) is 13.8. The number of nitrogens with zero attached hydrogens (tertiary/aromatic N) is 2. The van der Waals surface area contributed by atoms with Crippen molar-refractivity contribution in [2.75, 3.05) is 43.4 Å². The van der Waals surface area contributed by atoms with E-state index < -0.39 is 28.1 Å². The molecule has 0 aromatic heterocycles. The van der Waals surface area contributed by atoms with Gasteiger partial charge in [0.05, 0.1) is 35.3 Å². The predicted molar refractivity (Wildman–Crippen MR) is 182 cm³/mol. The first-order chi connectivity index (χ1) is 22.5.